The lowest BCUT2D eigenvalue weighted by atomic mass is 10.2. The highest BCUT2D eigenvalue weighted by Gasteiger charge is 2.28. The van der Waals surface area contributed by atoms with Crippen LogP contribution in [0.2, 0.25) is 0 Å². The predicted octanol–water partition coefficient (Wildman–Crippen LogP) is 5.38. The van der Waals surface area contributed by atoms with E-state index in [9.17, 15) is 4.79 Å². The van der Waals surface area contributed by atoms with Gasteiger partial charge in [0.25, 0.3) is 0 Å². The van der Waals surface area contributed by atoms with Crippen molar-refractivity contribution in [1.82, 2.24) is 9.88 Å². The van der Waals surface area contributed by atoms with Crippen LogP contribution >= 0.6 is 11.3 Å². The van der Waals surface area contributed by atoms with Gasteiger partial charge in [-0.05, 0) is 25.0 Å². The summed E-state index contributed by atoms with van der Waals surface area (Å²) in [7, 11) is 0. The number of nitrogens with zero attached hydrogens (tertiary/aromatic N) is 2. The van der Waals surface area contributed by atoms with Gasteiger partial charge in [0, 0.05) is 17.0 Å². The summed E-state index contributed by atoms with van der Waals surface area (Å²) < 4.78 is 5.45. The number of thiazole rings is 1. The van der Waals surface area contributed by atoms with E-state index in [-0.39, 0.29) is 12.1 Å². The third-order valence-electron chi connectivity index (χ3n) is 4.72. The molecule has 0 radical (unpaired) electrons. The van der Waals surface area contributed by atoms with Gasteiger partial charge in [-0.1, -0.05) is 43.2 Å². The number of benzene rings is 1. The molecule has 2 heterocycles. The van der Waals surface area contributed by atoms with Crippen molar-refractivity contribution in [1.29, 1.82) is 0 Å². The second kappa shape index (κ2) is 7.74. The first-order valence-electron chi connectivity index (χ1n) is 8.90. The van der Waals surface area contributed by atoms with E-state index in [1.807, 2.05) is 52.7 Å². The van der Waals surface area contributed by atoms with Gasteiger partial charge < -0.3 is 9.32 Å². The van der Waals surface area contributed by atoms with Crippen LogP contribution in [0.5, 0.6) is 0 Å². The van der Waals surface area contributed by atoms with Crippen LogP contribution in [0.15, 0.2) is 58.5 Å². The Kier molecular flexibility index (Phi) is 5.02. The fraction of sp³-hybridized carbons (Fsp3) is 0.300. The van der Waals surface area contributed by atoms with Gasteiger partial charge in [-0.25, -0.2) is 9.78 Å². The molecule has 1 fully saturated rings. The van der Waals surface area contributed by atoms with Gasteiger partial charge in [0.05, 0.1) is 18.5 Å². The molecule has 6 heteroatoms. The van der Waals surface area contributed by atoms with Gasteiger partial charge >= 0.3 is 6.03 Å². The van der Waals surface area contributed by atoms with E-state index in [1.165, 1.54) is 24.2 Å². The molecule has 1 N–H and O–H groups in total. The summed E-state index contributed by atoms with van der Waals surface area (Å²) in [6.07, 6.45) is 6.07. The van der Waals surface area contributed by atoms with Crippen LogP contribution in [0, 0.1) is 0 Å². The first-order chi connectivity index (χ1) is 12.8. The Morgan fingerprint density at radius 3 is 2.73 bits per heavy atom. The summed E-state index contributed by atoms with van der Waals surface area (Å²) in [4.78, 5) is 19.4. The molecule has 0 aliphatic heterocycles. The lowest BCUT2D eigenvalue weighted by Crippen LogP contribution is -2.41. The van der Waals surface area contributed by atoms with Gasteiger partial charge in [-0.15, -0.1) is 11.3 Å². The number of amides is 2. The average molecular weight is 367 g/mol. The van der Waals surface area contributed by atoms with Crippen molar-refractivity contribution in [2.75, 3.05) is 5.32 Å². The molecule has 26 heavy (non-hydrogen) atoms. The van der Waals surface area contributed by atoms with Gasteiger partial charge in [0.15, 0.2) is 5.13 Å². The maximum Gasteiger partial charge on any atom is 0.324 e. The smallest absolute Gasteiger partial charge is 0.324 e. The van der Waals surface area contributed by atoms with Crippen LogP contribution in [-0.4, -0.2) is 22.0 Å². The number of aromatic nitrogens is 1. The van der Waals surface area contributed by atoms with Gasteiger partial charge in [-0.2, -0.15) is 0 Å². The van der Waals surface area contributed by atoms with E-state index in [2.05, 4.69) is 10.3 Å². The molecule has 0 unspecified atom stereocenters. The Hall–Kier alpha value is -2.60. The summed E-state index contributed by atoms with van der Waals surface area (Å²) in [6.45, 7) is 0.487. The maximum absolute atomic E-state index is 12.9. The normalized spacial score (nSPS) is 14.5. The topological polar surface area (TPSA) is 58.4 Å². The van der Waals surface area contributed by atoms with E-state index in [4.69, 9.17) is 4.42 Å². The van der Waals surface area contributed by atoms with Crippen LogP contribution in [0.1, 0.15) is 31.4 Å². The Labute approximate surface area is 156 Å². The highest BCUT2D eigenvalue weighted by molar-refractivity contribution is 7.14. The van der Waals surface area contributed by atoms with Crippen molar-refractivity contribution >= 4 is 22.5 Å². The predicted molar refractivity (Wildman–Crippen MR) is 103 cm³/mol. The minimum absolute atomic E-state index is 0.109. The monoisotopic (exact) mass is 367 g/mol. The number of rotatable bonds is 5. The van der Waals surface area contributed by atoms with Crippen molar-refractivity contribution in [2.24, 2.45) is 0 Å². The van der Waals surface area contributed by atoms with Gasteiger partial charge in [0.2, 0.25) is 0 Å². The summed E-state index contributed by atoms with van der Waals surface area (Å²) in [5, 5.41) is 5.57. The zero-order chi connectivity index (χ0) is 17.8. The maximum atomic E-state index is 12.9. The van der Waals surface area contributed by atoms with Crippen molar-refractivity contribution in [2.45, 2.75) is 38.3 Å². The first kappa shape index (κ1) is 16.8. The molecule has 2 aromatic heterocycles. The average Bonchev–Trinajstić information content (AvgIpc) is 3.42. The van der Waals surface area contributed by atoms with Crippen molar-refractivity contribution < 1.29 is 9.21 Å². The molecule has 0 saturated heterocycles. The lowest BCUT2D eigenvalue weighted by molar-refractivity contribution is 0.178. The SMILES string of the molecule is O=C(Nc1nc(-c2ccccc2)cs1)N(Cc1ccco1)C1CCCC1. The number of hydrogen-bond acceptors (Lipinski definition) is 4. The number of furan rings is 1. The molecule has 4 rings (SSSR count). The summed E-state index contributed by atoms with van der Waals surface area (Å²) in [5.74, 6) is 0.802. The molecule has 2 amide bonds. The van der Waals surface area contributed by atoms with E-state index in [0.29, 0.717) is 11.7 Å². The van der Waals surface area contributed by atoms with Crippen LogP contribution in [0.3, 0.4) is 0 Å². The largest absolute Gasteiger partial charge is 0.467 e. The van der Waals surface area contributed by atoms with E-state index >= 15 is 0 Å². The third-order valence-corrected chi connectivity index (χ3v) is 5.48. The van der Waals surface area contributed by atoms with E-state index < -0.39 is 0 Å². The molecule has 1 aromatic carbocycles. The molecule has 0 spiro atoms. The quantitative estimate of drug-likeness (QED) is 0.658. The number of nitrogens with one attached hydrogen (secondary N) is 1. The van der Waals surface area contributed by atoms with Crippen LogP contribution in [-0.2, 0) is 6.54 Å². The number of hydrogen-bond donors (Lipinski definition) is 1. The Morgan fingerprint density at radius 1 is 1.19 bits per heavy atom. The van der Waals surface area contributed by atoms with Crippen molar-refractivity contribution in [3.8, 4) is 11.3 Å². The molecular formula is C20H21N3O2S. The van der Waals surface area contributed by atoms with Crippen molar-refractivity contribution in [3.63, 3.8) is 0 Å². The van der Waals surface area contributed by atoms with Gasteiger partial charge in [0.1, 0.15) is 5.76 Å². The van der Waals surface area contributed by atoms with Crippen LogP contribution in [0.25, 0.3) is 11.3 Å². The molecule has 1 saturated carbocycles. The molecule has 1 aliphatic rings. The van der Waals surface area contributed by atoms with E-state index in [0.717, 1.165) is 29.9 Å². The molecule has 0 atom stereocenters. The second-order valence-electron chi connectivity index (χ2n) is 6.48. The van der Waals surface area contributed by atoms with Crippen LogP contribution in [0.4, 0.5) is 9.93 Å². The number of urea groups is 1. The van der Waals surface area contributed by atoms with Crippen LogP contribution < -0.4 is 5.32 Å². The number of carbonyl (C=O) groups excluding carboxylic acids is 1. The zero-order valence-corrected chi connectivity index (χ0v) is 15.2. The Morgan fingerprint density at radius 2 is 2.00 bits per heavy atom. The van der Waals surface area contributed by atoms with Gasteiger partial charge in [-0.3, -0.25) is 5.32 Å². The Bertz CT molecular complexity index is 839. The molecular weight excluding hydrogens is 346 g/mol. The zero-order valence-electron chi connectivity index (χ0n) is 14.4. The first-order valence-corrected chi connectivity index (χ1v) is 9.78. The highest BCUT2D eigenvalue weighted by atomic mass is 32.1. The molecule has 1 aliphatic carbocycles. The minimum Gasteiger partial charge on any atom is -0.467 e. The highest BCUT2D eigenvalue weighted by Crippen LogP contribution is 2.28. The second-order valence-corrected chi connectivity index (χ2v) is 7.34. The summed E-state index contributed by atoms with van der Waals surface area (Å²) >= 11 is 1.45. The minimum atomic E-state index is -0.109. The molecule has 134 valence electrons. The summed E-state index contributed by atoms with van der Waals surface area (Å²) in [6, 6.07) is 13.9. The third kappa shape index (κ3) is 3.80. The Balaban J connectivity index is 1.48. The fourth-order valence-electron chi connectivity index (χ4n) is 3.39. The van der Waals surface area contributed by atoms with E-state index in [1.54, 1.807) is 6.26 Å². The molecule has 3 aromatic rings. The standard InChI is InChI=1S/C20H21N3O2S/c24-20(22-19-21-18(14-26-19)15-7-2-1-3-8-15)23(16-9-4-5-10-16)13-17-11-6-12-25-17/h1-3,6-8,11-12,14,16H,4-5,9-10,13H2,(H,21,22,24). The molecule has 0 bridgehead atoms. The lowest BCUT2D eigenvalue weighted by Gasteiger charge is -2.27. The number of carbonyl (C=O) groups is 1. The fourth-order valence-corrected chi connectivity index (χ4v) is 4.10. The number of anilines is 1. The molecule has 5 nitrogen and oxygen atoms in total. The van der Waals surface area contributed by atoms with Crippen molar-refractivity contribution in [3.05, 3.63) is 59.9 Å². The summed E-state index contributed by atoms with van der Waals surface area (Å²) in [5.41, 5.74) is 1.93.